The second-order valence-corrected chi connectivity index (χ2v) is 6.46. The number of allylic oxidation sites excluding steroid dienone is 1. The number of rotatable bonds is 4. The van der Waals surface area contributed by atoms with Crippen molar-refractivity contribution in [1.82, 2.24) is 9.78 Å². The van der Waals surface area contributed by atoms with Crippen molar-refractivity contribution < 1.29 is 0 Å². The molecule has 5 heteroatoms. The first-order valence-corrected chi connectivity index (χ1v) is 8.61. The van der Waals surface area contributed by atoms with Gasteiger partial charge in [-0.2, -0.15) is 15.6 Å². The monoisotopic (exact) mass is 353 g/mol. The lowest BCUT2D eigenvalue weighted by molar-refractivity contribution is 0.866. The van der Waals surface area contributed by atoms with E-state index in [1.165, 1.54) is 10.2 Å². The molecule has 3 aromatic rings. The quantitative estimate of drug-likeness (QED) is 0.698. The molecule has 0 amide bonds. The van der Waals surface area contributed by atoms with E-state index >= 15 is 0 Å². The Bertz CT molecular complexity index is 1060. The zero-order chi connectivity index (χ0) is 19.4. The summed E-state index contributed by atoms with van der Waals surface area (Å²) in [6.07, 6.45) is 1.72. The first kappa shape index (κ1) is 18.0. The molecule has 3 rings (SSSR count). The van der Waals surface area contributed by atoms with Gasteiger partial charge in [-0.15, -0.1) is 0 Å². The summed E-state index contributed by atoms with van der Waals surface area (Å²) < 4.78 is 1.49. The van der Waals surface area contributed by atoms with Gasteiger partial charge >= 0.3 is 0 Å². The normalized spacial score (nSPS) is 11.2. The molecule has 2 N–H and O–H groups in total. The van der Waals surface area contributed by atoms with Gasteiger partial charge in [0.05, 0.1) is 11.3 Å². The van der Waals surface area contributed by atoms with Crippen LogP contribution in [0.3, 0.4) is 0 Å². The minimum absolute atomic E-state index is 0.199. The first-order valence-electron chi connectivity index (χ1n) is 8.61. The third-order valence-electron chi connectivity index (χ3n) is 4.32. The average Bonchev–Trinajstić information content (AvgIpc) is 3.03. The van der Waals surface area contributed by atoms with Crippen LogP contribution in [-0.2, 0) is 0 Å². The summed E-state index contributed by atoms with van der Waals surface area (Å²) in [5.74, 6) is 0.653. The van der Waals surface area contributed by atoms with Crippen LogP contribution in [0.4, 0.5) is 5.82 Å². The molecule has 27 heavy (non-hydrogen) atoms. The fraction of sp³-hybridized carbons (Fsp3) is 0.136. The molecule has 0 aliphatic heterocycles. The lowest BCUT2D eigenvalue weighted by atomic mass is 10.0. The smallest absolute Gasteiger partial charge is 0.145 e. The van der Waals surface area contributed by atoms with E-state index in [2.05, 4.69) is 31.1 Å². The van der Waals surface area contributed by atoms with Crippen molar-refractivity contribution in [3.8, 4) is 17.8 Å². The molecule has 0 fully saturated rings. The van der Waals surface area contributed by atoms with Crippen LogP contribution in [0.15, 0.2) is 54.6 Å². The van der Waals surface area contributed by atoms with E-state index in [0.29, 0.717) is 11.5 Å². The highest BCUT2D eigenvalue weighted by atomic mass is 15.3. The summed E-state index contributed by atoms with van der Waals surface area (Å²) >= 11 is 0. The Morgan fingerprint density at radius 2 is 1.74 bits per heavy atom. The Hall–Kier alpha value is -3.83. The summed E-state index contributed by atoms with van der Waals surface area (Å²) in [7, 11) is 0. The molecule has 5 nitrogen and oxygen atoms in total. The second kappa shape index (κ2) is 7.59. The summed E-state index contributed by atoms with van der Waals surface area (Å²) in [4.78, 5) is 0. The number of hydrogen-bond donors (Lipinski definition) is 1. The van der Waals surface area contributed by atoms with Gasteiger partial charge in [0, 0.05) is 0 Å². The number of aromatic nitrogens is 2. The van der Waals surface area contributed by atoms with Gasteiger partial charge in [0.1, 0.15) is 29.2 Å². The van der Waals surface area contributed by atoms with Crippen LogP contribution in [0.5, 0.6) is 0 Å². The number of hydrogen-bond acceptors (Lipinski definition) is 4. The minimum atomic E-state index is 0.199. The summed E-state index contributed by atoms with van der Waals surface area (Å²) in [6, 6.07) is 21.5. The predicted molar refractivity (Wildman–Crippen MR) is 107 cm³/mol. The number of nitrogens with zero attached hydrogens (tertiary/aromatic N) is 4. The van der Waals surface area contributed by atoms with Crippen molar-refractivity contribution in [3.05, 3.63) is 77.0 Å². The maximum Gasteiger partial charge on any atom is 0.145 e. The van der Waals surface area contributed by atoms with Crippen LogP contribution in [0.2, 0.25) is 0 Å². The molecule has 0 bridgehead atoms. The molecular weight excluding hydrogens is 334 g/mol. The molecule has 132 valence electrons. The number of nitrogens with two attached hydrogens (primary N) is 1. The summed E-state index contributed by atoms with van der Waals surface area (Å²) in [5.41, 5.74) is 9.73. The Morgan fingerprint density at radius 3 is 2.30 bits per heavy atom. The van der Waals surface area contributed by atoms with Gasteiger partial charge in [-0.1, -0.05) is 56.3 Å². The first-order chi connectivity index (χ1) is 13.0. The van der Waals surface area contributed by atoms with Crippen LogP contribution < -0.4 is 5.73 Å². The van der Waals surface area contributed by atoms with Gasteiger partial charge in [0.15, 0.2) is 0 Å². The average molecular weight is 353 g/mol. The molecular formula is C22H19N5. The van der Waals surface area contributed by atoms with E-state index in [1.807, 2.05) is 54.6 Å². The predicted octanol–water partition coefficient (Wildman–Crippen LogP) is 4.51. The Labute approximate surface area is 158 Å². The van der Waals surface area contributed by atoms with Crippen LogP contribution in [-0.4, -0.2) is 9.78 Å². The number of anilines is 1. The van der Waals surface area contributed by atoms with Crippen molar-refractivity contribution in [2.75, 3.05) is 5.73 Å². The minimum Gasteiger partial charge on any atom is -0.382 e. The third kappa shape index (κ3) is 3.58. The van der Waals surface area contributed by atoms with E-state index < -0.39 is 0 Å². The molecule has 0 spiro atoms. The van der Waals surface area contributed by atoms with Gasteiger partial charge in [0.2, 0.25) is 0 Å². The van der Waals surface area contributed by atoms with Gasteiger partial charge in [-0.3, -0.25) is 0 Å². The largest absolute Gasteiger partial charge is 0.382 e. The van der Waals surface area contributed by atoms with E-state index in [-0.39, 0.29) is 17.1 Å². The van der Waals surface area contributed by atoms with Crippen molar-refractivity contribution in [2.45, 2.75) is 19.8 Å². The Kier molecular flexibility index (Phi) is 5.06. The van der Waals surface area contributed by atoms with E-state index in [4.69, 9.17) is 5.73 Å². The van der Waals surface area contributed by atoms with Crippen LogP contribution in [0, 0.1) is 22.7 Å². The molecule has 1 aromatic heterocycles. The third-order valence-corrected chi connectivity index (χ3v) is 4.32. The maximum absolute atomic E-state index is 9.66. The molecule has 0 atom stereocenters. The van der Waals surface area contributed by atoms with Gasteiger partial charge < -0.3 is 5.73 Å². The highest BCUT2D eigenvalue weighted by Crippen LogP contribution is 2.27. The van der Waals surface area contributed by atoms with Gasteiger partial charge in [0.25, 0.3) is 0 Å². The van der Waals surface area contributed by atoms with Crippen molar-refractivity contribution >= 4 is 17.5 Å². The number of nitrogen functional groups attached to an aromatic ring is 1. The number of benzene rings is 2. The molecule has 0 aliphatic carbocycles. The Morgan fingerprint density at radius 1 is 1.07 bits per heavy atom. The second-order valence-electron chi connectivity index (χ2n) is 6.46. The Balaban J connectivity index is 2.08. The van der Waals surface area contributed by atoms with Crippen LogP contribution >= 0.6 is 0 Å². The molecule has 0 unspecified atom stereocenters. The van der Waals surface area contributed by atoms with Crippen molar-refractivity contribution in [1.29, 1.82) is 10.5 Å². The molecule has 0 saturated heterocycles. The molecule has 0 aliphatic rings. The lowest BCUT2D eigenvalue weighted by Crippen LogP contribution is -2.02. The summed E-state index contributed by atoms with van der Waals surface area (Å²) in [6.45, 7) is 4.26. The molecule has 2 aromatic carbocycles. The van der Waals surface area contributed by atoms with Gasteiger partial charge in [-0.25, -0.2) is 4.68 Å². The summed E-state index contributed by atoms with van der Waals surface area (Å²) in [5, 5.41) is 23.6. The van der Waals surface area contributed by atoms with Gasteiger partial charge in [-0.05, 0) is 35.3 Å². The van der Waals surface area contributed by atoms with E-state index in [9.17, 15) is 10.5 Å². The zero-order valence-corrected chi connectivity index (χ0v) is 15.2. The molecule has 0 saturated carbocycles. The SMILES string of the molecule is CC(C)c1ccc(C=C(C#N)c2nn(-c3ccccc3)c(N)c2C#N)cc1. The van der Waals surface area contributed by atoms with E-state index in [0.717, 1.165) is 11.3 Å². The number of para-hydroxylation sites is 1. The topological polar surface area (TPSA) is 91.4 Å². The van der Waals surface area contributed by atoms with Crippen molar-refractivity contribution in [3.63, 3.8) is 0 Å². The fourth-order valence-electron chi connectivity index (χ4n) is 2.79. The molecule has 0 radical (unpaired) electrons. The fourth-order valence-corrected chi connectivity index (χ4v) is 2.79. The maximum atomic E-state index is 9.66. The van der Waals surface area contributed by atoms with Crippen LogP contribution in [0.1, 0.15) is 42.1 Å². The lowest BCUT2D eigenvalue weighted by Gasteiger charge is -2.05. The molecule has 1 heterocycles. The van der Waals surface area contributed by atoms with Crippen LogP contribution in [0.25, 0.3) is 17.3 Å². The standard InChI is InChI=1S/C22H19N5/c1-15(2)17-10-8-16(9-11-17)12-18(13-23)21-20(14-24)22(25)27(26-21)19-6-4-3-5-7-19/h3-12,15H,25H2,1-2H3. The van der Waals surface area contributed by atoms with E-state index in [1.54, 1.807) is 6.08 Å². The zero-order valence-electron chi connectivity index (χ0n) is 15.2. The van der Waals surface area contributed by atoms with Crippen molar-refractivity contribution in [2.24, 2.45) is 0 Å². The highest BCUT2D eigenvalue weighted by Gasteiger charge is 2.19. The number of nitriles is 2. The highest BCUT2D eigenvalue weighted by molar-refractivity contribution is 5.91.